The first kappa shape index (κ1) is 31.2. The van der Waals surface area contributed by atoms with Crippen LogP contribution in [0.5, 0.6) is 23.0 Å². The number of hydrogen-bond acceptors (Lipinski definition) is 8. The van der Waals surface area contributed by atoms with Crippen molar-refractivity contribution in [1.29, 1.82) is 0 Å². The monoisotopic (exact) mass is 642 g/mol. The van der Waals surface area contributed by atoms with Crippen LogP contribution in [-0.2, 0) is 28.7 Å². The molecule has 0 saturated heterocycles. The molecule has 0 aromatic heterocycles. The SMILES string of the molecule is COc1ccc2c3c1OC1C[C@@H](O)C=C[C@@]31CCN(CCCCCCN1CC[C@@]34C=C[C@H](OC)C[C@@H]3Oc3c(OC)ccc(c34)C1)C2. The Bertz CT molecular complexity index is 1560. The van der Waals surface area contributed by atoms with Crippen molar-refractivity contribution < 1.29 is 28.8 Å². The Balaban J connectivity index is 0.875. The summed E-state index contributed by atoms with van der Waals surface area (Å²) in [6, 6.07) is 8.64. The summed E-state index contributed by atoms with van der Waals surface area (Å²) < 4.78 is 30.3. The second-order valence-corrected chi connectivity index (χ2v) is 14.6. The molecule has 8 heteroatoms. The van der Waals surface area contributed by atoms with E-state index in [0.717, 1.165) is 81.5 Å². The highest BCUT2D eigenvalue weighted by molar-refractivity contribution is 5.62. The minimum atomic E-state index is -0.449. The Hall–Kier alpha value is -3.04. The quantitative estimate of drug-likeness (QED) is 0.263. The third kappa shape index (κ3) is 5.18. The molecule has 0 radical (unpaired) electrons. The molecule has 1 N–H and O–H groups in total. The van der Waals surface area contributed by atoms with Gasteiger partial charge in [0.15, 0.2) is 23.0 Å². The number of unbranched alkanes of at least 4 members (excludes halogenated alkanes) is 3. The summed E-state index contributed by atoms with van der Waals surface area (Å²) in [5.41, 5.74) is 5.09. The van der Waals surface area contributed by atoms with Crippen LogP contribution in [0, 0.1) is 0 Å². The van der Waals surface area contributed by atoms with Crippen LogP contribution in [0.25, 0.3) is 0 Å². The molecule has 1 unspecified atom stereocenters. The van der Waals surface area contributed by atoms with Crippen LogP contribution in [0.2, 0.25) is 0 Å². The van der Waals surface area contributed by atoms with Gasteiger partial charge in [-0.3, -0.25) is 9.80 Å². The van der Waals surface area contributed by atoms with Crippen molar-refractivity contribution >= 4 is 0 Å². The molecule has 8 rings (SSSR count). The van der Waals surface area contributed by atoms with Crippen LogP contribution >= 0.6 is 0 Å². The van der Waals surface area contributed by atoms with Gasteiger partial charge in [-0.25, -0.2) is 0 Å². The molecule has 4 heterocycles. The van der Waals surface area contributed by atoms with Gasteiger partial charge >= 0.3 is 0 Å². The van der Waals surface area contributed by atoms with Crippen LogP contribution in [0.1, 0.15) is 73.6 Å². The predicted molar refractivity (Wildman–Crippen MR) is 181 cm³/mol. The van der Waals surface area contributed by atoms with E-state index in [1.165, 1.54) is 47.9 Å². The molecule has 0 saturated carbocycles. The molecule has 47 heavy (non-hydrogen) atoms. The number of hydrogen-bond donors (Lipinski definition) is 1. The van der Waals surface area contributed by atoms with Crippen LogP contribution in [0.15, 0.2) is 48.6 Å². The summed E-state index contributed by atoms with van der Waals surface area (Å²) in [7, 11) is 5.24. The molecule has 2 aromatic carbocycles. The molecule has 4 aliphatic heterocycles. The highest BCUT2D eigenvalue weighted by Crippen LogP contribution is 2.57. The van der Waals surface area contributed by atoms with E-state index in [2.05, 4.69) is 52.3 Å². The van der Waals surface area contributed by atoms with Gasteiger partial charge in [0, 0.05) is 44.2 Å². The highest BCUT2D eigenvalue weighted by Gasteiger charge is 2.54. The second kappa shape index (κ2) is 12.4. The van der Waals surface area contributed by atoms with Gasteiger partial charge in [0.1, 0.15) is 12.2 Å². The Labute approximate surface area is 279 Å². The van der Waals surface area contributed by atoms with Crippen LogP contribution < -0.4 is 18.9 Å². The van der Waals surface area contributed by atoms with Crippen LogP contribution in [0.4, 0.5) is 0 Å². The van der Waals surface area contributed by atoms with Crippen LogP contribution in [0.3, 0.4) is 0 Å². The molecule has 252 valence electrons. The van der Waals surface area contributed by atoms with Gasteiger partial charge in [-0.15, -0.1) is 0 Å². The number of nitrogens with zero attached hydrogens (tertiary/aromatic N) is 2. The largest absolute Gasteiger partial charge is 0.493 e. The lowest BCUT2D eigenvalue weighted by molar-refractivity contribution is 0.0544. The van der Waals surface area contributed by atoms with Crippen molar-refractivity contribution in [1.82, 2.24) is 9.80 Å². The van der Waals surface area contributed by atoms with Crippen LogP contribution in [-0.4, -0.2) is 86.8 Å². The summed E-state index contributed by atoms with van der Waals surface area (Å²) in [5, 5.41) is 10.4. The van der Waals surface area contributed by atoms with Gasteiger partial charge in [0.05, 0.1) is 37.3 Å². The molecule has 6 atom stereocenters. The smallest absolute Gasteiger partial charge is 0.166 e. The number of methoxy groups -OCH3 is 3. The van der Waals surface area contributed by atoms with Crippen molar-refractivity contribution in [2.75, 3.05) is 47.5 Å². The third-order valence-electron chi connectivity index (χ3n) is 12.1. The van der Waals surface area contributed by atoms with Gasteiger partial charge in [0.2, 0.25) is 0 Å². The molecular formula is C39H50N2O6. The molecule has 2 aromatic rings. The van der Waals surface area contributed by atoms with Crippen molar-refractivity contribution in [3.8, 4) is 23.0 Å². The highest BCUT2D eigenvalue weighted by atomic mass is 16.5. The lowest BCUT2D eigenvalue weighted by Crippen LogP contribution is -2.43. The maximum Gasteiger partial charge on any atom is 0.166 e. The molecule has 2 spiro atoms. The minimum Gasteiger partial charge on any atom is -0.493 e. The average Bonchev–Trinajstić information content (AvgIpc) is 3.48. The fourth-order valence-electron chi connectivity index (χ4n) is 9.56. The van der Waals surface area contributed by atoms with Gasteiger partial charge in [0.25, 0.3) is 0 Å². The van der Waals surface area contributed by atoms with E-state index in [0.29, 0.717) is 6.42 Å². The van der Waals surface area contributed by atoms with E-state index in [-0.39, 0.29) is 29.1 Å². The average molecular weight is 643 g/mol. The summed E-state index contributed by atoms with van der Waals surface area (Å²) in [4.78, 5) is 5.29. The van der Waals surface area contributed by atoms with E-state index in [1.807, 2.05) is 6.08 Å². The van der Waals surface area contributed by atoms with Crippen molar-refractivity contribution in [2.45, 2.75) is 99.7 Å². The summed E-state index contributed by atoms with van der Waals surface area (Å²) >= 11 is 0. The maximum atomic E-state index is 10.4. The minimum absolute atomic E-state index is 0.0363. The maximum absolute atomic E-state index is 10.4. The number of rotatable bonds is 10. The molecule has 0 fully saturated rings. The molecule has 0 amide bonds. The lowest BCUT2D eigenvalue weighted by atomic mass is 9.69. The van der Waals surface area contributed by atoms with Crippen molar-refractivity contribution in [2.24, 2.45) is 0 Å². The Morgan fingerprint density at radius 2 is 1.26 bits per heavy atom. The Kier molecular flexibility index (Phi) is 8.27. The van der Waals surface area contributed by atoms with E-state index < -0.39 is 6.10 Å². The van der Waals surface area contributed by atoms with Crippen molar-refractivity contribution in [3.63, 3.8) is 0 Å². The zero-order valence-corrected chi connectivity index (χ0v) is 28.2. The van der Waals surface area contributed by atoms with Gasteiger partial charge in [-0.05, 0) is 75.1 Å². The first-order valence-corrected chi connectivity index (χ1v) is 17.8. The zero-order valence-electron chi connectivity index (χ0n) is 28.2. The summed E-state index contributed by atoms with van der Waals surface area (Å²) in [6.45, 7) is 6.22. The molecule has 2 aliphatic carbocycles. The van der Waals surface area contributed by atoms with Gasteiger partial charge in [-0.1, -0.05) is 49.3 Å². The molecule has 6 aliphatic rings. The van der Waals surface area contributed by atoms with Gasteiger partial charge in [-0.2, -0.15) is 0 Å². The number of aliphatic hydroxyl groups is 1. The number of ether oxygens (including phenoxy) is 5. The van der Waals surface area contributed by atoms with E-state index in [1.54, 1.807) is 21.3 Å². The normalized spacial score (nSPS) is 31.9. The fraction of sp³-hybridized carbons (Fsp3) is 0.590. The fourth-order valence-corrected chi connectivity index (χ4v) is 9.56. The number of benzene rings is 2. The molecular weight excluding hydrogens is 592 g/mol. The van der Waals surface area contributed by atoms with E-state index in [9.17, 15) is 5.11 Å². The molecule has 8 nitrogen and oxygen atoms in total. The van der Waals surface area contributed by atoms with E-state index in [4.69, 9.17) is 23.7 Å². The topological polar surface area (TPSA) is 72.9 Å². The number of aliphatic hydroxyl groups excluding tert-OH is 1. The first-order chi connectivity index (χ1) is 23.0. The summed E-state index contributed by atoms with van der Waals surface area (Å²) in [6.07, 6.45) is 17.0. The summed E-state index contributed by atoms with van der Waals surface area (Å²) in [5.74, 6) is 3.48. The zero-order chi connectivity index (χ0) is 32.2. The lowest BCUT2D eigenvalue weighted by Gasteiger charge is -2.36. The van der Waals surface area contributed by atoms with E-state index >= 15 is 0 Å². The first-order valence-electron chi connectivity index (χ1n) is 17.8. The Morgan fingerprint density at radius 3 is 1.79 bits per heavy atom. The predicted octanol–water partition coefficient (Wildman–Crippen LogP) is 5.67. The second-order valence-electron chi connectivity index (χ2n) is 14.6. The standard InChI is InChI=1S/C39H50N2O6/c1-43-29-13-15-39-17-21-41(25-27-9-11-31(45-3)37(35(27)39)47-33(39)23-29)19-7-5-4-6-18-40-20-16-38-14-12-28(42)22-32(38)46-36-30(44-2)10-8-26(24-40)34(36)38/h8-15,28-29,32-33,42H,4-7,16-25H2,1-3H3/t28-,29-,32?,33-,38-,39-/m0/s1. The molecule has 0 bridgehead atoms. The third-order valence-corrected chi connectivity index (χ3v) is 12.1. The Morgan fingerprint density at radius 1 is 0.723 bits per heavy atom. The van der Waals surface area contributed by atoms with Crippen molar-refractivity contribution in [3.05, 3.63) is 70.8 Å². The van der Waals surface area contributed by atoms with Gasteiger partial charge < -0.3 is 28.8 Å².